The number of aliphatic hydroxyl groups is 1. The van der Waals surface area contributed by atoms with Crippen molar-refractivity contribution in [3.05, 3.63) is 29.3 Å². The van der Waals surface area contributed by atoms with E-state index in [2.05, 4.69) is 6.92 Å². The predicted octanol–water partition coefficient (Wildman–Crippen LogP) is 2.74. The van der Waals surface area contributed by atoms with Crippen molar-refractivity contribution in [2.75, 3.05) is 6.54 Å². The zero-order valence-corrected chi connectivity index (χ0v) is 14.8. The van der Waals surface area contributed by atoms with Gasteiger partial charge in [0.15, 0.2) is 0 Å². The fourth-order valence-corrected chi connectivity index (χ4v) is 5.67. The molecule has 0 bridgehead atoms. The molecule has 3 rings (SSSR count). The second-order valence-electron chi connectivity index (χ2n) is 7.19. The number of benzene rings is 1. The topological polar surface area (TPSA) is 57.6 Å². The lowest BCUT2D eigenvalue weighted by molar-refractivity contribution is 0.0676. The molecule has 2 aliphatic rings. The van der Waals surface area contributed by atoms with Crippen molar-refractivity contribution in [1.82, 2.24) is 4.31 Å². The summed E-state index contributed by atoms with van der Waals surface area (Å²) in [6.07, 6.45) is 5.27. The van der Waals surface area contributed by atoms with Crippen LogP contribution in [0.15, 0.2) is 23.1 Å². The minimum atomic E-state index is -3.54. The fourth-order valence-electron chi connectivity index (χ4n) is 3.90. The van der Waals surface area contributed by atoms with Gasteiger partial charge in [-0.3, -0.25) is 0 Å². The lowest BCUT2D eigenvalue weighted by Crippen LogP contribution is -2.50. The first kappa shape index (κ1) is 16.9. The number of sulfonamides is 1. The lowest BCUT2D eigenvalue weighted by atomic mass is 9.92. The van der Waals surface area contributed by atoms with Gasteiger partial charge in [-0.15, -0.1) is 0 Å². The number of hydrogen-bond acceptors (Lipinski definition) is 3. The van der Waals surface area contributed by atoms with Gasteiger partial charge in [-0.1, -0.05) is 13.0 Å². The fraction of sp³-hybridized carbons (Fsp3) is 0.667. The van der Waals surface area contributed by atoms with Gasteiger partial charge in [0.1, 0.15) is 0 Å². The van der Waals surface area contributed by atoms with Crippen LogP contribution in [0.4, 0.5) is 0 Å². The van der Waals surface area contributed by atoms with E-state index in [0.29, 0.717) is 17.4 Å². The Bertz CT molecular complexity index is 669. The molecule has 1 aromatic carbocycles. The normalized spacial score (nSPS) is 27.4. The van der Waals surface area contributed by atoms with Gasteiger partial charge in [-0.2, -0.15) is 4.31 Å². The molecule has 1 saturated heterocycles. The molecule has 0 spiro atoms. The SMILES string of the molecule is C[C@@H]1CCN(S(=O)(=O)c2ccc3c(c2)CCCC3)[C@H]([C@@H](C)O)C1. The molecule has 1 fully saturated rings. The van der Waals surface area contributed by atoms with Crippen LogP contribution in [0.5, 0.6) is 0 Å². The molecular weight excluding hydrogens is 310 g/mol. The number of aryl methyl sites for hydroxylation is 2. The molecule has 3 atom stereocenters. The van der Waals surface area contributed by atoms with E-state index in [1.807, 2.05) is 12.1 Å². The molecule has 23 heavy (non-hydrogen) atoms. The molecule has 1 N–H and O–H groups in total. The van der Waals surface area contributed by atoms with E-state index in [0.717, 1.165) is 32.1 Å². The Hall–Kier alpha value is -0.910. The van der Waals surface area contributed by atoms with Crippen LogP contribution in [0.25, 0.3) is 0 Å². The highest BCUT2D eigenvalue weighted by molar-refractivity contribution is 7.89. The van der Waals surface area contributed by atoms with Crippen LogP contribution >= 0.6 is 0 Å². The molecule has 1 aromatic rings. The predicted molar refractivity (Wildman–Crippen MR) is 90.8 cm³/mol. The third kappa shape index (κ3) is 3.32. The van der Waals surface area contributed by atoms with E-state index in [-0.39, 0.29) is 6.04 Å². The summed E-state index contributed by atoms with van der Waals surface area (Å²) in [6, 6.07) is 5.27. The Morgan fingerprint density at radius 2 is 1.91 bits per heavy atom. The first-order valence-electron chi connectivity index (χ1n) is 8.71. The molecule has 0 saturated carbocycles. The third-order valence-electron chi connectivity index (χ3n) is 5.34. The standard InChI is InChI=1S/C18H27NO3S/c1-13-9-10-19(18(11-13)14(2)20)23(21,22)17-8-7-15-5-3-4-6-16(15)12-17/h7-8,12-14,18,20H,3-6,9-11H2,1-2H3/t13-,14-,18+/m1/s1. The number of fused-ring (bicyclic) bond motifs is 1. The van der Waals surface area contributed by atoms with E-state index >= 15 is 0 Å². The van der Waals surface area contributed by atoms with Crippen LogP contribution in [-0.4, -0.2) is 36.5 Å². The van der Waals surface area contributed by atoms with Crippen molar-refractivity contribution in [3.8, 4) is 0 Å². The number of hydrogen-bond donors (Lipinski definition) is 1. The Balaban J connectivity index is 1.94. The zero-order chi connectivity index (χ0) is 16.6. The Morgan fingerprint density at radius 3 is 2.61 bits per heavy atom. The first-order chi connectivity index (χ1) is 10.9. The van der Waals surface area contributed by atoms with E-state index < -0.39 is 16.1 Å². The summed E-state index contributed by atoms with van der Waals surface area (Å²) in [7, 11) is -3.54. The van der Waals surface area contributed by atoms with Crippen molar-refractivity contribution < 1.29 is 13.5 Å². The quantitative estimate of drug-likeness (QED) is 0.923. The molecule has 0 amide bonds. The van der Waals surface area contributed by atoms with Gasteiger partial charge in [-0.25, -0.2) is 8.42 Å². The molecule has 5 heteroatoms. The summed E-state index contributed by atoms with van der Waals surface area (Å²) in [6.45, 7) is 4.31. The van der Waals surface area contributed by atoms with Gasteiger partial charge in [0.05, 0.1) is 17.0 Å². The Kier molecular flexibility index (Phi) is 4.81. The van der Waals surface area contributed by atoms with Crippen LogP contribution in [-0.2, 0) is 22.9 Å². The first-order valence-corrected chi connectivity index (χ1v) is 10.2. The van der Waals surface area contributed by atoms with Crippen LogP contribution in [0.1, 0.15) is 50.7 Å². The molecule has 1 aliphatic heterocycles. The largest absolute Gasteiger partial charge is 0.392 e. The van der Waals surface area contributed by atoms with Crippen LogP contribution < -0.4 is 0 Å². The smallest absolute Gasteiger partial charge is 0.243 e. The molecular formula is C18H27NO3S. The monoisotopic (exact) mass is 337 g/mol. The second kappa shape index (κ2) is 6.54. The van der Waals surface area contributed by atoms with Crippen molar-refractivity contribution in [2.24, 2.45) is 5.92 Å². The third-order valence-corrected chi connectivity index (χ3v) is 7.26. The maximum atomic E-state index is 13.1. The van der Waals surface area contributed by atoms with Crippen LogP contribution in [0, 0.1) is 5.92 Å². The van der Waals surface area contributed by atoms with Crippen molar-refractivity contribution in [2.45, 2.75) is 69.4 Å². The summed E-state index contributed by atoms with van der Waals surface area (Å²) in [5.74, 6) is 0.449. The minimum Gasteiger partial charge on any atom is -0.392 e. The van der Waals surface area contributed by atoms with Gasteiger partial charge < -0.3 is 5.11 Å². The van der Waals surface area contributed by atoms with E-state index in [1.165, 1.54) is 21.9 Å². The summed E-state index contributed by atoms with van der Waals surface area (Å²) >= 11 is 0. The number of rotatable bonds is 3. The molecule has 0 aromatic heterocycles. The molecule has 0 unspecified atom stereocenters. The Labute approximate surface area is 139 Å². The highest BCUT2D eigenvalue weighted by atomic mass is 32.2. The highest BCUT2D eigenvalue weighted by Gasteiger charge is 2.38. The van der Waals surface area contributed by atoms with E-state index in [9.17, 15) is 13.5 Å². The minimum absolute atomic E-state index is 0.320. The molecule has 0 radical (unpaired) electrons. The maximum absolute atomic E-state index is 13.1. The van der Waals surface area contributed by atoms with Crippen molar-refractivity contribution >= 4 is 10.0 Å². The second-order valence-corrected chi connectivity index (χ2v) is 9.08. The van der Waals surface area contributed by atoms with Gasteiger partial charge in [0.2, 0.25) is 10.0 Å². The van der Waals surface area contributed by atoms with Gasteiger partial charge in [0.25, 0.3) is 0 Å². The number of aliphatic hydroxyl groups excluding tert-OH is 1. The number of piperidine rings is 1. The summed E-state index contributed by atoms with van der Waals surface area (Å²) in [4.78, 5) is 0.387. The number of nitrogens with zero attached hydrogens (tertiary/aromatic N) is 1. The molecule has 4 nitrogen and oxygen atoms in total. The van der Waals surface area contributed by atoms with E-state index in [4.69, 9.17) is 0 Å². The average Bonchev–Trinajstić information content (AvgIpc) is 2.54. The summed E-state index contributed by atoms with van der Waals surface area (Å²) < 4.78 is 27.7. The summed E-state index contributed by atoms with van der Waals surface area (Å²) in [5, 5.41) is 10.1. The Morgan fingerprint density at radius 1 is 1.22 bits per heavy atom. The van der Waals surface area contributed by atoms with Gasteiger partial charge in [-0.05, 0) is 74.6 Å². The van der Waals surface area contributed by atoms with Gasteiger partial charge >= 0.3 is 0 Å². The van der Waals surface area contributed by atoms with Crippen LogP contribution in [0.3, 0.4) is 0 Å². The average molecular weight is 337 g/mol. The maximum Gasteiger partial charge on any atom is 0.243 e. The van der Waals surface area contributed by atoms with Crippen molar-refractivity contribution in [3.63, 3.8) is 0 Å². The van der Waals surface area contributed by atoms with E-state index in [1.54, 1.807) is 13.0 Å². The lowest BCUT2D eigenvalue weighted by Gasteiger charge is -2.39. The van der Waals surface area contributed by atoms with Gasteiger partial charge in [0, 0.05) is 6.54 Å². The molecule has 1 heterocycles. The highest BCUT2D eigenvalue weighted by Crippen LogP contribution is 2.32. The van der Waals surface area contributed by atoms with Crippen LogP contribution in [0.2, 0.25) is 0 Å². The molecule has 128 valence electrons. The van der Waals surface area contributed by atoms with Crippen molar-refractivity contribution in [1.29, 1.82) is 0 Å². The zero-order valence-electron chi connectivity index (χ0n) is 14.0. The summed E-state index contributed by atoms with van der Waals surface area (Å²) in [5.41, 5.74) is 2.46. The molecule has 1 aliphatic carbocycles.